The Hall–Kier alpha value is -0.960. The molecule has 0 radical (unpaired) electrons. The molecule has 0 spiro atoms. The van der Waals surface area contributed by atoms with Crippen molar-refractivity contribution in [2.75, 3.05) is 20.1 Å². The molecule has 3 rings (SSSR count). The Morgan fingerprint density at radius 3 is 2.83 bits per heavy atom. The minimum Gasteiger partial charge on any atom is -0.359 e. The number of H-pyrrole nitrogens is 1. The maximum Gasteiger partial charge on any atom is 0.0833 e. The molecule has 2 aromatic rings. The molecule has 0 saturated heterocycles. The topological polar surface area (TPSA) is 19.0 Å². The van der Waals surface area contributed by atoms with E-state index in [-0.39, 0.29) is 0 Å². The summed E-state index contributed by atoms with van der Waals surface area (Å²) in [4.78, 5) is 5.54. The molecule has 1 aliphatic rings. The first-order chi connectivity index (χ1) is 8.66. The Morgan fingerprint density at radius 2 is 2.11 bits per heavy atom. The molecule has 0 unspecified atom stereocenters. The SMILES string of the molecule is CN1CC=C(c2c[nH]c3c(Cl)c(Cl)ccc23)CC1. The van der Waals surface area contributed by atoms with Crippen LogP contribution in [-0.2, 0) is 0 Å². The van der Waals surface area contributed by atoms with Crippen molar-refractivity contribution in [1.82, 2.24) is 9.88 Å². The second-order valence-corrected chi connectivity index (χ2v) is 5.51. The summed E-state index contributed by atoms with van der Waals surface area (Å²) < 4.78 is 0. The number of hydrogen-bond acceptors (Lipinski definition) is 1. The van der Waals surface area contributed by atoms with Gasteiger partial charge in [0, 0.05) is 30.2 Å². The molecular weight excluding hydrogens is 267 g/mol. The quantitative estimate of drug-likeness (QED) is 0.830. The van der Waals surface area contributed by atoms with Gasteiger partial charge in [0.05, 0.1) is 15.6 Å². The maximum atomic E-state index is 6.21. The summed E-state index contributed by atoms with van der Waals surface area (Å²) in [5, 5.41) is 2.35. The second kappa shape index (κ2) is 4.61. The van der Waals surface area contributed by atoms with Crippen LogP contribution in [0.2, 0.25) is 10.0 Å². The van der Waals surface area contributed by atoms with Gasteiger partial charge in [-0.15, -0.1) is 0 Å². The van der Waals surface area contributed by atoms with Crippen LogP contribution in [0.5, 0.6) is 0 Å². The highest BCUT2D eigenvalue weighted by atomic mass is 35.5. The normalized spacial score (nSPS) is 17.2. The van der Waals surface area contributed by atoms with E-state index in [1.165, 1.54) is 11.1 Å². The Balaban J connectivity index is 2.11. The number of benzene rings is 1. The third-order valence-corrected chi connectivity index (χ3v) is 4.31. The zero-order valence-corrected chi connectivity index (χ0v) is 11.6. The lowest BCUT2D eigenvalue weighted by Gasteiger charge is -2.21. The van der Waals surface area contributed by atoms with Crippen LogP contribution < -0.4 is 0 Å². The van der Waals surface area contributed by atoms with Crippen LogP contribution in [0.4, 0.5) is 0 Å². The largest absolute Gasteiger partial charge is 0.359 e. The molecule has 2 heterocycles. The van der Waals surface area contributed by atoms with Crippen LogP contribution in [0, 0.1) is 0 Å². The number of halogens is 2. The van der Waals surface area contributed by atoms with Gasteiger partial charge in [0.2, 0.25) is 0 Å². The van der Waals surface area contributed by atoms with Gasteiger partial charge in [-0.1, -0.05) is 35.3 Å². The molecule has 0 atom stereocenters. The molecule has 0 aliphatic carbocycles. The van der Waals surface area contributed by atoms with E-state index >= 15 is 0 Å². The van der Waals surface area contributed by atoms with Gasteiger partial charge in [0.1, 0.15) is 0 Å². The fourth-order valence-electron chi connectivity index (χ4n) is 2.42. The zero-order chi connectivity index (χ0) is 12.7. The lowest BCUT2D eigenvalue weighted by molar-refractivity contribution is 0.370. The Bertz CT molecular complexity index is 628. The van der Waals surface area contributed by atoms with Crippen molar-refractivity contribution in [2.24, 2.45) is 0 Å². The fourth-order valence-corrected chi connectivity index (χ4v) is 2.80. The number of aromatic nitrogens is 1. The molecule has 1 aliphatic heterocycles. The highest BCUT2D eigenvalue weighted by molar-refractivity contribution is 6.45. The van der Waals surface area contributed by atoms with Gasteiger partial charge in [-0.3, -0.25) is 0 Å². The first-order valence-electron chi connectivity index (χ1n) is 6.00. The van der Waals surface area contributed by atoms with Crippen LogP contribution in [-0.4, -0.2) is 30.0 Å². The summed E-state index contributed by atoms with van der Waals surface area (Å²) >= 11 is 12.2. The van der Waals surface area contributed by atoms with Crippen molar-refractivity contribution in [1.29, 1.82) is 0 Å². The van der Waals surface area contributed by atoms with E-state index in [1.807, 2.05) is 18.3 Å². The molecule has 1 aromatic carbocycles. The van der Waals surface area contributed by atoms with Crippen LogP contribution in [0.15, 0.2) is 24.4 Å². The van der Waals surface area contributed by atoms with Gasteiger partial charge in [-0.05, 0) is 25.1 Å². The zero-order valence-electron chi connectivity index (χ0n) is 10.1. The Labute approximate surface area is 116 Å². The smallest absolute Gasteiger partial charge is 0.0833 e. The van der Waals surface area contributed by atoms with Crippen LogP contribution in [0.1, 0.15) is 12.0 Å². The number of rotatable bonds is 1. The fraction of sp³-hybridized carbons (Fsp3) is 0.286. The molecule has 94 valence electrons. The van der Waals surface area contributed by atoms with E-state index in [0.717, 1.165) is 30.4 Å². The summed E-state index contributed by atoms with van der Waals surface area (Å²) in [7, 11) is 2.14. The summed E-state index contributed by atoms with van der Waals surface area (Å²) in [5.74, 6) is 0. The minimum atomic E-state index is 0.593. The Morgan fingerprint density at radius 1 is 1.28 bits per heavy atom. The first kappa shape index (κ1) is 12.1. The molecule has 18 heavy (non-hydrogen) atoms. The van der Waals surface area contributed by atoms with E-state index in [1.54, 1.807) is 0 Å². The van der Waals surface area contributed by atoms with E-state index < -0.39 is 0 Å². The van der Waals surface area contributed by atoms with Crippen molar-refractivity contribution in [3.63, 3.8) is 0 Å². The van der Waals surface area contributed by atoms with Gasteiger partial charge in [-0.25, -0.2) is 0 Å². The predicted octanol–water partition coefficient (Wildman–Crippen LogP) is 4.19. The number of fused-ring (bicyclic) bond motifs is 1. The predicted molar refractivity (Wildman–Crippen MR) is 78.4 cm³/mol. The summed E-state index contributed by atoms with van der Waals surface area (Å²) in [6.45, 7) is 2.10. The highest BCUT2D eigenvalue weighted by Gasteiger charge is 2.15. The third kappa shape index (κ3) is 1.95. The van der Waals surface area contributed by atoms with Crippen LogP contribution in [0.3, 0.4) is 0 Å². The monoisotopic (exact) mass is 280 g/mol. The molecule has 0 bridgehead atoms. The van der Waals surface area contributed by atoms with E-state index in [9.17, 15) is 0 Å². The van der Waals surface area contributed by atoms with Crippen molar-refractivity contribution in [2.45, 2.75) is 6.42 Å². The molecule has 1 N–H and O–H groups in total. The summed E-state index contributed by atoms with van der Waals surface area (Å²) in [5.41, 5.74) is 3.56. The standard InChI is InChI=1S/C14H14Cl2N2/c1-18-6-4-9(5-7-18)11-8-17-14-10(11)2-3-12(15)13(14)16/h2-4,8,17H,5-7H2,1H3. The number of likely N-dealkylation sites (N-methyl/N-ethyl adjacent to an activating group) is 1. The molecule has 1 aromatic heterocycles. The molecule has 0 saturated carbocycles. The van der Waals surface area contributed by atoms with Crippen molar-refractivity contribution >= 4 is 39.7 Å². The van der Waals surface area contributed by atoms with Gasteiger partial charge in [0.15, 0.2) is 0 Å². The van der Waals surface area contributed by atoms with Gasteiger partial charge < -0.3 is 9.88 Å². The van der Waals surface area contributed by atoms with E-state index in [0.29, 0.717) is 10.0 Å². The van der Waals surface area contributed by atoms with Crippen molar-refractivity contribution in [3.05, 3.63) is 40.0 Å². The van der Waals surface area contributed by atoms with Gasteiger partial charge in [-0.2, -0.15) is 0 Å². The molecule has 0 fully saturated rings. The molecule has 0 amide bonds. The van der Waals surface area contributed by atoms with E-state index in [4.69, 9.17) is 23.2 Å². The number of nitrogens with one attached hydrogen (secondary N) is 1. The number of nitrogens with zero attached hydrogens (tertiary/aromatic N) is 1. The summed E-state index contributed by atoms with van der Waals surface area (Å²) in [6.07, 6.45) is 5.39. The molecular formula is C14H14Cl2N2. The first-order valence-corrected chi connectivity index (χ1v) is 6.75. The highest BCUT2D eigenvalue weighted by Crippen LogP contribution is 2.35. The second-order valence-electron chi connectivity index (χ2n) is 4.73. The molecule has 4 heteroatoms. The molecule has 2 nitrogen and oxygen atoms in total. The lowest BCUT2D eigenvalue weighted by Crippen LogP contribution is -2.23. The number of aromatic amines is 1. The number of hydrogen-bond donors (Lipinski definition) is 1. The third-order valence-electron chi connectivity index (χ3n) is 3.50. The van der Waals surface area contributed by atoms with Crippen molar-refractivity contribution in [3.8, 4) is 0 Å². The average molecular weight is 281 g/mol. The van der Waals surface area contributed by atoms with Crippen LogP contribution in [0.25, 0.3) is 16.5 Å². The average Bonchev–Trinajstić information content (AvgIpc) is 2.79. The minimum absolute atomic E-state index is 0.593. The lowest BCUT2D eigenvalue weighted by atomic mass is 9.99. The Kier molecular flexibility index (Phi) is 3.10. The van der Waals surface area contributed by atoms with E-state index in [2.05, 4.69) is 23.0 Å². The maximum absolute atomic E-state index is 6.21. The van der Waals surface area contributed by atoms with Gasteiger partial charge in [0.25, 0.3) is 0 Å². The van der Waals surface area contributed by atoms with Crippen molar-refractivity contribution < 1.29 is 0 Å². The van der Waals surface area contributed by atoms with Gasteiger partial charge >= 0.3 is 0 Å². The van der Waals surface area contributed by atoms with Crippen LogP contribution >= 0.6 is 23.2 Å². The summed E-state index contributed by atoms with van der Waals surface area (Å²) in [6, 6.07) is 3.90.